The normalized spacial score (nSPS) is 43.2. The van der Waals surface area contributed by atoms with Gasteiger partial charge in [-0.25, -0.2) is 0 Å². The van der Waals surface area contributed by atoms with Crippen molar-refractivity contribution in [2.75, 3.05) is 11.5 Å². The van der Waals surface area contributed by atoms with Gasteiger partial charge in [0.1, 0.15) is 11.5 Å². The highest BCUT2D eigenvalue weighted by Gasteiger charge is 2.60. The molecule has 1 heterocycles. The summed E-state index contributed by atoms with van der Waals surface area (Å²) in [6, 6.07) is 0. The Kier molecular flexibility index (Phi) is 1.98. The monoisotopic (exact) mass is 185 g/mol. The van der Waals surface area contributed by atoms with Crippen molar-refractivity contribution < 1.29 is 4.79 Å². The summed E-state index contributed by atoms with van der Waals surface area (Å²) in [5.74, 6) is 3.57. The Labute approximate surface area is 77.3 Å². The maximum atomic E-state index is 11.7. The molecule has 68 valence electrons. The lowest BCUT2D eigenvalue weighted by Crippen LogP contribution is -2.57. The van der Waals surface area contributed by atoms with E-state index in [4.69, 9.17) is 0 Å². The molecule has 2 rings (SSSR count). The Morgan fingerprint density at radius 1 is 1.42 bits per heavy atom. The van der Waals surface area contributed by atoms with Gasteiger partial charge in [0.25, 0.3) is 0 Å². The van der Waals surface area contributed by atoms with E-state index >= 15 is 0 Å². The van der Waals surface area contributed by atoms with Crippen molar-refractivity contribution in [2.45, 2.75) is 37.9 Å². The van der Waals surface area contributed by atoms with E-state index in [0.29, 0.717) is 22.6 Å². The summed E-state index contributed by atoms with van der Waals surface area (Å²) in [6.45, 7) is 4.27. The molecule has 0 N–H and O–H groups in total. The number of Topliss-reactive ketones (excluding diaryl/α,β-unsaturated/α-hetero) is 1. The fraction of sp³-hybridized carbons (Fsp3) is 0.900. The summed E-state index contributed by atoms with van der Waals surface area (Å²) >= 11 is 0. The molecular weight excluding hydrogens is 168 g/mol. The molecule has 1 nitrogen and oxygen atoms in total. The fourth-order valence-corrected chi connectivity index (χ4v) is 5.71. The number of carbonyl (C=O) groups excluding carboxylic acids is 1. The van der Waals surface area contributed by atoms with Crippen molar-refractivity contribution in [3.63, 3.8) is 0 Å². The first-order valence-corrected chi connectivity index (χ1v) is 6.43. The van der Waals surface area contributed by atoms with E-state index in [1.165, 1.54) is 24.3 Å². The molecule has 0 aromatic heterocycles. The van der Waals surface area contributed by atoms with Gasteiger partial charge in [-0.1, -0.05) is 6.92 Å². The summed E-state index contributed by atoms with van der Waals surface area (Å²) in [6.07, 6.45) is 3.88. The van der Waals surface area contributed by atoms with Crippen LogP contribution in [0.15, 0.2) is 0 Å². The maximum Gasteiger partial charge on any atom is 0.190 e. The maximum absolute atomic E-state index is 11.7. The standard InChI is InChI=1S/C10H17OS/c1-8-7-10(2,9(8)11)12-5-3-4-6-12/h8H,3-7H2,1-2H3/q+1. The Bertz CT molecular complexity index is 208. The highest BCUT2D eigenvalue weighted by Crippen LogP contribution is 2.43. The van der Waals surface area contributed by atoms with Crippen LogP contribution in [0, 0.1) is 5.92 Å². The van der Waals surface area contributed by atoms with Gasteiger partial charge < -0.3 is 0 Å². The number of rotatable bonds is 1. The first kappa shape index (κ1) is 8.61. The van der Waals surface area contributed by atoms with Crippen LogP contribution in [0.1, 0.15) is 33.1 Å². The summed E-state index contributed by atoms with van der Waals surface area (Å²) in [5, 5.41) is 0. The number of hydrogen-bond donors (Lipinski definition) is 0. The molecule has 0 aromatic rings. The van der Waals surface area contributed by atoms with Crippen LogP contribution in [-0.2, 0) is 15.7 Å². The molecule has 2 fully saturated rings. The van der Waals surface area contributed by atoms with Gasteiger partial charge in [-0.05, 0) is 19.8 Å². The Balaban J connectivity index is 2.07. The molecule has 0 aromatic carbocycles. The first-order chi connectivity index (χ1) is 5.64. The molecule has 1 saturated carbocycles. The molecule has 0 bridgehead atoms. The number of hydrogen-bond acceptors (Lipinski definition) is 1. The SMILES string of the molecule is CC1CC(C)([S+]2CCCC2)C1=O. The molecule has 0 radical (unpaired) electrons. The number of carbonyl (C=O) groups is 1. The molecule has 12 heavy (non-hydrogen) atoms. The van der Waals surface area contributed by atoms with Crippen molar-refractivity contribution in [1.82, 2.24) is 0 Å². The molecule has 1 saturated heterocycles. The fourth-order valence-electron chi connectivity index (χ4n) is 2.53. The van der Waals surface area contributed by atoms with Crippen molar-refractivity contribution in [2.24, 2.45) is 5.92 Å². The summed E-state index contributed by atoms with van der Waals surface area (Å²) in [4.78, 5) is 11.7. The molecular formula is C10H17OS+. The minimum Gasteiger partial charge on any atom is -0.293 e. The van der Waals surface area contributed by atoms with E-state index in [2.05, 4.69) is 13.8 Å². The minimum absolute atomic E-state index is 0.121. The van der Waals surface area contributed by atoms with Crippen LogP contribution < -0.4 is 0 Å². The second-order valence-corrected chi connectivity index (χ2v) is 7.01. The lowest BCUT2D eigenvalue weighted by molar-refractivity contribution is -0.131. The molecule has 2 heteroatoms. The summed E-state index contributed by atoms with van der Waals surface area (Å²) in [7, 11) is 0.449. The third kappa shape index (κ3) is 1.04. The first-order valence-electron chi connectivity index (χ1n) is 4.86. The third-order valence-corrected chi connectivity index (χ3v) is 6.54. The van der Waals surface area contributed by atoms with Crippen LogP contribution in [0.3, 0.4) is 0 Å². The largest absolute Gasteiger partial charge is 0.293 e. The molecule has 1 aliphatic carbocycles. The second kappa shape index (κ2) is 2.76. The van der Waals surface area contributed by atoms with Crippen molar-refractivity contribution >= 4 is 16.7 Å². The van der Waals surface area contributed by atoms with Crippen molar-refractivity contribution in [3.05, 3.63) is 0 Å². The van der Waals surface area contributed by atoms with E-state index in [9.17, 15) is 4.79 Å². The van der Waals surface area contributed by atoms with Crippen molar-refractivity contribution in [3.8, 4) is 0 Å². The summed E-state index contributed by atoms with van der Waals surface area (Å²) < 4.78 is 0.121. The zero-order chi connectivity index (χ0) is 8.77. The summed E-state index contributed by atoms with van der Waals surface area (Å²) in [5.41, 5.74) is 0. The van der Waals surface area contributed by atoms with E-state index in [0.717, 1.165) is 6.42 Å². The van der Waals surface area contributed by atoms with Gasteiger partial charge in [-0.2, -0.15) is 0 Å². The van der Waals surface area contributed by atoms with E-state index in [-0.39, 0.29) is 4.75 Å². The highest BCUT2D eigenvalue weighted by molar-refractivity contribution is 7.99. The molecule has 1 aliphatic heterocycles. The smallest absolute Gasteiger partial charge is 0.190 e. The molecule has 2 aliphatic rings. The van der Waals surface area contributed by atoms with Gasteiger partial charge >= 0.3 is 0 Å². The number of ketones is 1. The lowest BCUT2D eigenvalue weighted by Gasteiger charge is -2.38. The average Bonchev–Trinajstić information content (AvgIpc) is 2.56. The third-order valence-electron chi connectivity index (χ3n) is 3.33. The van der Waals surface area contributed by atoms with Gasteiger partial charge in [0.2, 0.25) is 0 Å². The quantitative estimate of drug-likeness (QED) is 0.569. The Morgan fingerprint density at radius 2 is 2.00 bits per heavy atom. The van der Waals surface area contributed by atoms with E-state index < -0.39 is 0 Å². The predicted molar refractivity (Wildman–Crippen MR) is 53.5 cm³/mol. The zero-order valence-corrected chi connectivity index (χ0v) is 8.75. The van der Waals surface area contributed by atoms with Gasteiger partial charge in [-0.15, -0.1) is 0 Å². The van der Waals surface area contributed by atoms with Crippen LogP contribution in [0.4, 0.5) is 0 Å². The van der Waals surface area contributed by atoms with Crippen LogP contribution in [-0.4, -0.2) is 22.0 Å². The van der Waals surface area contributed by atoms with Crippen LogP contribution in [0.5, 0.6) is 0 Å². The predicted octanol–water partition coefficient (Wildman–Crippen LogP) is 1.77. The van der Waals surface area contributed by atoms with Crippen LogP contribution >= 0.6 is 0 Å². The molecule has 2 unspecified atom stereocenters. The van der Waals surface area contributed by atoms with Gasteiger partial charge in [0.05, 0.1) is 0 Å². The second-order valence-electron chi connectivity index (χ2n) is 4.31. The van der Waals surface area contributed by atoms with E-state index in [1.54, 1.807) is 0 Å². The molecule has 0 amide bonds. The van der Waals surface area contributed by atoms with Gasteiger partial charge in [0.15, 0.2) is 10.5 Å². The van der Waals surface area contributed by atoms with Gasteiger partial charge in [0, 0.05) is 23.2 Å². The van der Waals surface area contributed by atoms with Crippen LogP contribution in [0.25, 0.3) is 0 Å². The molecule has 0 spiro atoms. The Morgan fingerprint density at radius 3 is 2.42 bits per heavy atom. The van der Waals surface area contributed by atoms with Crippen molar-refractivity contribution in [1.29, 1.82) is 0 Å². The van der Waals surface area contributed by atoms with Gasteiger partial charge in [-0.3, -0.25) is 4.79 Å². The zero-order valence-electron chi connectivity index (χ0n) is 7.93. The molecule has 2 atom stereocenters. The van der Waals surface area contributed by atoms with Crippen LogP contribution in [0.2, 0.25) is 0 Å². The topological polar surface area (TPSA) is 17.1 Å². The minimum atomic E-state index is 0.121. The van der Waals surface area contributed by atoms with E-state index in [1.807, 2.05) is 0 Å². The average molecular weight is 185 g/mol. The highest BCUT2D eigenvalue weighted by atomic mass is 32.2. The Hall–Kier alpha value is 0.0200. The lowest BCUT2D eigenvalue weighted by atomic mass is 9.75.